The number of benzene rings is 2. The minimum atomic E-state index is -0.966. The van der Waals surface area contributed by atoms with Crippen LogP contribution in [0, 0.1) is 6.92 Å². The monoisotopic (exact) mass is 354 g/mol. The third-order valence-corrected chi connectivity index (χ3v) is 3.85. The second kappa shape index (κ2) is 7.74. The molecule has 1 aromatic heterocycles. The van der Waals surface area contributed by atoms with E-state index in [2.05, 4.69) is 0 Å². The fourth-order valence-corrected chi connectivity index (χ4v) is 2.53. The third kappa shape index (κ3) is 4.22. The highest BCUT2D eigenvalue weighted by Crippen LogP contribution is 2.22. The van der Waals surface area contributed by atoms with Gasteiger partial charge in [-0.15, -0.1) is 0 Å². The second-order valence-corrected chi connectivity index (χ2v) is 5.79. The van der Waals surface area contributed by atoms with Crippen LogP contribution in [0.3, 0.4) is 0 Å². The minimum Gasteiger partial charge on any atom is -0.493 e. The molecule has 6 heteroatoms. The van der Waals surface area contributed by atoms with Gasteiger partial charge in [-0.1, -0.05) is 0 Å². The zero-order valence-corrected chi connectivity index (χ0v) is 14.2. The van der Waals surface area contributed by atoms with Crippen LogP contribution >= 0.6 is 0 Å². The maximum absolute atomic E-state index is 11.5. The van der Waals surface area contributed by atoms with Crippen molar-refractivity contribution in [2.24, 2.45) is 0 Å². The number of hydrogen-bond donors (Lipinski definition) is 1. The molecule has 6 nitrogen and oxygen atoms in total. The summed E-state index contributed by atoms with van der Waals surface area (Å²) in [4.78, 5) is 22.2. The summed E-state index contributed by atoms with van der Waals surface area (Å²) in [7, 11) is 0. The lowest BCUT2D eigenvalue weighted by molar-refractivity contribution is 0.0697. The van der Waals surface area contributed by atoms with Gasteiger partial charge in [0.05, 0.1) is 18.8 Å². The number of rotatable bonds is 7. The normalized spacial score (nSPS) is 10.7. The van der Waals surface area contributed by atoms with E-state index in [4.69, 9.17) is 19.0 Å². The summed E-state index contributed by atoms with van der Waals surface area (Å²) < 4.78 is 16.4. The van der Waals surface area contributed by atoms with Crippen molar-refractivity contribution in [3.8, 4) is 11.5 Å². The predicted octanol–water partition coefficient (Wildman–Crippen LogP) is 3.65. The molecule has 0 aliphatic rings. The summed E-state index contributed by atoms with van der Waals surface area (Å²) in [6.07, 6.45) is 0.649. The van der Waals surface area contributed by atoms with E-state index in [1.807, 2.05) is 19.1 Å². The quantitative estimate of drug-likeness (QED) is 0.515. The number of fused-ring (bicyclic) bond motifs is 1. The summed E-state index contributed by atoms with van der Waals surface area (Å²) in [5.74, 6) is 0.265. The Bertz CT molecular complexity index is 972. The van der Waals surface area contributed by atoms with Gasteiger partial charge in [-0.05, 0) is 48.9 Å². The molecular weight excluding hydrogens is 336 g/mol. The van der Waals surface area contributed by atoms with Gasteiger partial charge in [-0.25, -0.2) is 9.59 Å². The molecule has 3 rings (SSSR count). The van der Waals surface area contributed by atoms with Crippen molar-refractivity contribution in [3.05, 3.63) is 70.1 Å². The maximum atomic E-state index is 11.5. The number of carbonyl (C=O) groups is 1. The van der Waals surface area contributed by atoms with E-state index in [0.717, 1.165) is 10.9 Å². The average Bonchev–Trinajstić information content (AvgIpc) is 2.61. The zero-order chi connectivity index (χ0) is 18.5. The van der Waals surface area contributed by atoms with Gasteiger partial charge in [0, 0.05) is 23.9 Å². The largest absolute Gasteiger partial charge is 0.493 e. The topological polar surface area (TPSA) is 86.0 Å². The molecule has 134 valence electrons. The van der Waals surface area contributed by atoms with Gasteiger partial charge in [-0.3, -0.25) is 0 Å². The molecule has 3 aromatic rings. The smallest absolute Gasteiger partial charge is 0.336 e. The summed E-state index contributed by atoms with van der Waals surface area (Å²) >= 11 is 0. The average molecular weight is 354 g/mol. The van der Waals surface area contributed by atoms with Crippen molar-refractivity contribution >= 4 is 16.9 Å². The molecule has 0 aliphatic carbocycles. The van der Waals surface area contributed by atoms with Crippen molar-refractivity contribution in [1.29, 1.82) is 0 Å². The first-order valence-corrected chi connectivity index (χ1v) is 8.16. The molecule has 0 saturated carbocycles. The highest BCUT2D eigenvalue weighted by Gasteiger charge is 2.05. The Morgan fingerprint density at radius 2 is 1.65 bits per heavy atom. The Labute approximate surface area is 149 Å². The van der Waals surface area contributed by atoms with Gasteiger partial charge in [0.25, 0.3) is 0 Å². The molecule has 1 N–H and O–H groups in total. The molecule has 0 bridgehead atoms. The van der Waals surface area contributed by atoms with Crippen LogP contribution in [0.1, 0.15) is 22.3 Å². The molecule has 26 heavy (non-hydrogen) atoms. The molecule has 1 heterocycles. The highest BCUT2D eigenvalue weighted by molar-refractivity contribution is 5.87. The van der Waals surface area contributed by atoms with Crippen molar-refractivity contribution < 1.29 is 23.8 Å². The number of aryl methyl sites for hydroxylation is 1. The Morgan fingerprint density at radius 1 is 1.00 bits per heavy atom. The van der Waals surface area contributed by atoms with E-state index in [-0.39, 0.29) is 11.2 Å². The first kappa shape index (κ1) is 17.5. The van der Waals surface area contributed by atoms with E-state index in [0.29, 0.717) is 36.7 Å². The van der Waals surface area contributed by atoms with Crippen molar-refractivity contribution in [2.45, 2.75) is 13.3 Å². The van der Waals surface area contributed by atoms with Gasteiger partial charge in [0.1, 0.15) is 17.1 Å². The zero-order valence-electron chi connectivity index (χ0n) is 14.2. The molecule has 0 amide bonds. The van der Waals surface area contributed by atoms with Gasteiger partial charge in [0.15, 0.2) is 0 Å². The maximum Gasteiger partial charge on any atom is 0.336 e. The third-order valence-electron chi connectivity index (χ3n) is 3.85. The summed E-state index contributed by atoms with van der Waals surface area (Å²) in [5.41, 5.74) is 1.21. The van der Waals surface area contributed by atoms with Crippen LogP contribution < -0.4 is 15.1 Å². The summed E-state index contributed by atoms with van der Waals surface area (Å²) in [6.45, 7) is 2.74. The number of ether oxygens (including phenoxy) is 2. The van der Waals surface area contributed by atoms with Gasteiger partial charge in [-0.2, -0.15) is 0 Å². The Kier molecular flexibility index (Phi) is 5.22. The molecular formula is C20H18O6. The Hall–Kier alpha value is -3.28. The van der Waals surface area contributed by atoms with Gasteiger partial charge in [0.2, 0.25) is 0 Å². The first-order valence-electron chi connectivity index (χ1n) is 8.16. The van der Waals surface area contributed by atoms with Crippen LogP contribution in [0.4, 0.5) is 0 Å². The van der Waals surface area contributed by atoms with Crippen molar-refractivity contribution in [2.75, 3.05) is 13.2 Å². The molecule has 0 fully saturated rings. The van der Waals surface area contributed by atoms with Crippen molar-refractivity contribution in [1.82, 2.24) is 0 Å². The van der Waals surface area contributed by atoms with Crippen molar-refractivity contribution in [3.63, 3.8) is 0 Å². The molecule has 0 unspecified atom stereocenters. The van der Waals surface area contributed by atoms with E-state index in [1.54, 1.807) is 18.2 Å². The standard InChI is InChI=1S/C20H18O6/c1-13-11-19(21)26-18-12-16(7-8-17(13)18)25-10-2-9-24-15-5-3-14(4-6-15)20(22)23/h3-8,11-12H,2,9-10H2,1H3,(H,22,23). The summed E-state index contributed by atoms with van der Waals surface area (Å²) in [5, 5.41) is 9.72. The molecule has 0 aliphatic heterocycles. The lowest BCUT2D eigenvalue weighted by Crippen LogP contribution is -2.05. The van der Waals surface area contributed by atoms with E-state index in [1.165, 1.54) is 18.2 Å². The van der Waals surface area contributed by atoms with E-state index in [9.17, 15) is 9.59 Å². The lowest BCUT2D eigenvalue weighted by Gasteiger charge is -2.09. The number of carboxylic acid groups (broad SMARTS) is 1. The lowest BCUT2D eigenvalue weighted by atomic mass is 10.1. The van der Waals surface area contributed by atoms with Crippen LogP contribution in [0.5, 0.6) is 11.5 Å². The van der Waals surface area contributed by atoms with E-state index >= 15 is 0 Å². The Balaban J connectivity index is 1.50. The summed E-state index contributed by atoms with van der Waals surface area (Å²) in [6, 6.07) is 13.1. The molecule has 0 saturated heterocycles. The molecule has 0 atom stereocenters. The van der Waals surface area contributed by atoms with E-state index < -0.39 is 5.97 Å². The predicted molar refractivity (Wildman–Crippen MR) is 96.2 cm³/mol. The fraction of sp³-hybridized carbons (Fsp3) is 0.200. The molecule has 2 aromatic carbocycles. The number of aromatic carboxylic acids is 1. The first-order chi connectivity index (χ1) is 12.5. The van der Waals surface area contributed by atoms with Gasteiger partial charge >= 0.3 is 11.6 Å². The SMILES string of the molecule is Cc1cc(=O)oc2cc(OCCCOc3ccc(C(=O)O)cc3)ccc12. The number of carboxylic acids is 1. The van der Waals surface area contributed by atoms with Crippen LogP contribution in [0.2, 0.25) is 0 Å². The van der Waals surface area contributed by atoms with Crippen LogP contribution in [0.15, 0.2) is 57.7 Å². The molecule has 0 spiro atoms. The number of hydrogen-bond acceptors (Lipinski definition) is 5. The fourth-order valence-electron chi connectivity index (χ4n) is 2.53. The van der Waals surface area contributed by atoms with Gasteiger partial charge < -0.3 is 19.0 Å². The van der Waals surface area contributed by atoms with Crippen LogP contribution in [-0.4, -0.2) is 24.3 Å². The second-order valence-electron chi connectivity index (χ2n) is 5.79. The minimum absolute atomic E-state index is 0.221. The Morgan fingerprint density at radius 3 is 2.35 bits per heavy atom. The highest BCUT2D eigenvalue weighted by atomic mass is 16.5. The van der Waals surface area contributed by atoms with Crippen LogP contribution in [-0.2, 0) is 0 Å². The van der Waals surface area contributed by atoms with Crippen LogP contribution in [0.25, 0.3) is 11.0 Å². The molecule has 0 radical (unpaired) electrons.